The van der Waals surface area contributed by atoms with Crippen molar-refractivity contribution >= 4 is 22.7 Å². The van der Waals surface area contributed by atoms with Crippen LogP contribution in [0.2, 0.25) is 0 Å². The summed E-state index contributed by atoms with van der Waals surface area (Å²) in [6.07, 6.45) is 1.68. The van der Waals surface area contributed by atoms with Crippen LogP contribution in [0.1, 0.15) is 11.4 Å². The lowest BCUT2D eigenvalue weighted by atomic mass is 10.2. The number of hydrogen-bond acceptors (Lipinski definition) is 4. The van der Waals surface area contributed by atoms with Crippen LogP contribution in [0.15, 0.2) is 30.6 Å². The van der Waals surface area contributed by atoms with Crippen molar-refractivity contribution in [2.45, 2.75) is 13.5 Å². The molecule has 0 atom stereocenters. The third-order valence-corrected chi connectivity index (χ3v) is 3.06. The smallest absolute Gasteiger partial charge is 0.192 e. The molecule has 0 spiro atoms. The standard InChI is InChI=1S/C14H12N6/c1-9-18-13(15)12-14(19-9)20(8-17-12)7-10-5-3-4-6-11(10)16-2/h3-6,8H,7H2,1H3,(H2,15,18,19). The highest BCUT2D eigenvalue weighted by Gasteiger charge is 2.11. The molecule has 2 N–H and O–H groups in total. The van der Waals surface area contributed by atoms with Gasteiger partial charge in [0, 0.05) is 6.54 Å². The fourth-order valence-electron chi connectivity index (χ4n) is 2.13. The molecule has 0 unspecified atom stereocenters. The molecule has 2 aromatic heterocycles. The number of nitrogens with zero attached hydrogens (tertiary/aromatic N) is 5. The van der Waals surface area contributed by atoms with E-state index in [-0.39, 0.29) is 0 Å². The van der Waals surface area contributed by atoms with Gasteiger partial charge >= 0.3 is 0 Å². The van der Waals surface area contributed by atoms with E-state index in [9.17, 15) is 0 Å². The van der Waals surface area contributed by atoms with Crippen LogP contribution in [0.4, 0.5) is 11.5 Å². The van der Waals surface area contributed by atoms with E-state index in [0.717, 1.165) is 5.56 Å². The number of anilines is 1. The summed E-state index contributed by atoms with van der Waals surface area (Å²) in [5, 5.41) is 0. The molecule has 0 aliphatic rings. The third kappa shape index (κ3) is 1.95. The Bertz CT molecular complexity index is 827. The van der Waals surface area contributed by atoms with Gasteiger partial charge in [-0.3, -0.25) is 0 Å². The van der Waals surface area contributed by atoms with Crippen LogP contribution in [-0.4, -0.2) is 19.5 Å². The van der Waals surface area contributed by atoms with Crippen LogP contribution in [0.25, 0.3) is 16.0 Å². The van der Waals surface area contributed by atoms with Crippen molar-refractivity contribution in [3.8, 4) is 0 Å². The second kappa shape index (κ2) is 4.63. The zero-order valence-electron chi connectivity index (χ0n) is 10.9. The Kier molecular flexibility index (Phi) is 2.80. The van der Waals surface area contributed by atoms with Crippen molar-refractivity contribution in [2.24, 2.45) is 0 Å². The number of nitrogens with two attached hydrogens (primary N) is 1. The lowest BCUT2D eigenvalue weighted by molar-refractivity contribution is 0.813. The normalized spacial score (nSPS) is 10.6. The summed E-state index contributed by atoms with van der Waals surface area (Å²) in [7, 11) is 0. The number of aromatic nitrogens is 4. The minimum absolute atomic E-state index is 0.379. The molecule has 0 radical (unpaired) electrons. The zero-order valence-corrected chi connectivity index (χ0v) is 10.9. The van der Waals surface area contributed by atoms with E-state index in [4.69, 9.17) is 12.3 Å². The van der Waals surface area contributed by atoms with Gasteiger partial charge in [0.05, 0.1) is 12.9 Å². The Morgan fingerprint density at radius 3 is 2.90 bits per heavy atom. The van der Waals surface area contributed by atoms with Crippen LogP contribution >= 0.6 is 0 Å². The molecule has 0 saturated carbocycles. The Balaban J connectivity index is 2.10. The quantitative estimate of drug-likeness (QED) is 0.721. The van der Waals surface area contributed by atoms with Gasteiger partial charge in [0.1, 0.15) is 11.3 Å². The van der Waals surface area contributed by atoms with E-state index >= 15 is 0 Å². The van der Waals surface area contributed by atoms with Gasteiger partial charge in [-0.2, -0.15) is 0 Å². The molecule has 6 heteroatoms. The number of para-hydroxylation sites is 1. The van der Waals surface area contributed by atoms with E-state index in [1.54, 1.807) is 19.3 Å². The first-order valence-electron chi connectivity index (χ1n) is 6.09. The second-order valence-electron chi connectivity index (χ2n) is 4.44. The maximum Gasteiger partial charge on any atom is 0.192 e. The highest BCUT2D eigenvalue weighted by atomic mass is 15.1. The highest BCUT2D eigenvalue weighted by Crippen LogP contribution is 2.22. The molecular formula is C14H12N6. The van der Waals surface area contributed by atoms with Gasteiger partial charge in [-0.1, -0.05) is 24.3 Å². The molecule has 6 nitrogen and oxygen atoms in total. The number of aryl methyl sites for hydroxylation is 1. The Labute approximate surface area is 115 Å². The van der Waals surface area contributed by atoms with E-state index in [1.165, 1.54) is 0 Å². The van der Waals surface area contributed by atoms with Crippen molar-refractivity contribution in [1.82, 2.24) is 19.5 Å². The Hall–Kier alpha value is -2.94. The first-order valence-corrected chi connectivity index (χ1v) is 6.09. The Morgan fingerprint density at radius 1 is 1.30 bits per heavy atom. The molecule has 0 amide bonds. The van der Waals surface area contributed by atoms with Crippen molar-refractivity contribution in [2.75, 3.05) is 5.73 Å². The minimum Gasteiger partial charge on any atom is -0.382 e. The zero-order chi connectivity index (χ0) is 14.1. The Morgan fingerprint density at radius 2 is 2.10 bits per heavy atom. The summed E-state index contributed by atoms with van der Waals surface area (Å²) < 4.78 is 1.88. The lowest BCUT2D eigenvalue weighted by Crippen LogP contribution is -2.02. The fourth-order valence-corrected chi connectivity index (χ4v) is 2.13. The predicted molar refractivity (Wildman–Crippen MR) is 76.3 cm³/mol. The number of nitrogen functional groups attached to an aromatic ring is 1. The first kappa shape index (κ1) is 12.1. The predicted octanol–water partition coefficient (Wildman–Crippen LogP) is 2.32. The van der Waals surface area contributed by atoms with Gasteiger partial charge in [0.15, 0.2) is 17.2 Å². The van der Waals surface area contributed by atoms with Gasteiger partial charge < -0.3 is 10.3 Å². The van der Waals surface area contributed by atoms with Crippen LogP contribution in [0.5, 0.6) is 0 Å². The largest absolute Gasteiger partial charge is 0.382 e. The number of rotatable bonds is 2. The molecule has 3 aromatic rings. The van der Waals surface area contributed by atoms with Gasteiger partial charge in [-0.05, 0) is 12.5 Å². The van der Waals surface area contributed by atoms with Gasteiger partial charge in [-0.15, -0.1) is 0 Å². The molecule has 3 rings (SSSR count). The molecule has 1 aromatic carbocycles. The first-order chi connectivity index (χ1) is 9.69. The van der Waals surface area contributed by atoms with Crippen molar-refractivity contribution in [3.63, 3.8) is 0 Å². The maximum absolute atomic E-state index is 7.20. The molecular weight excluding hydrogens is 252 g/mol. The molecule has 2 heterocycles. The SMILES string of the molecule is [C-]#[N+]c1ccccc1Cn1cnc2c(N)nc(C)nc21. The summed E-state index contributed by atoms with van der Waals surface area (Å²) in [5.41, 5.74) is 8.69. The van der Waals surface area contributed by atoms with Crippen LogP contribution in [-0.2, 0) is 6.54 Å². The molecule has 0 aliphatic carbocycles. The second-order valence-corrected chi connectivity index (χ2v) is 4.44. The maximum atomic E-state index is 7.20. The van der Waals surface area contributed by atoms with E-state index in [0.29, 0.717) is 35.0 Å². The topological polar surface area (TPSA) is 74.0 Å². The third-order valence-electron chi connectivity index (χ3n) is 3.06. The molecule has 0 aliphatic heterocycles. The van der Waals surface area contributed by atoms with Crippen LogP contribution in [0.3, 0.4) is 0 Å². The van der Waals surface area contributed by atoms with E-state index < -0.39 is 0 Å². The number of benzene rings is 1. The number of hydrogen-bond donors (Lipinski definition) is 1. The molecule has 98 valence electrons. The highest BCUT2D eigenvalue weighted by molar-refractivity contribution is 5.81. The van der Waals surface area contributed by atoms with Gasteiger partial charge in [0.25, 0.3) is 0 Å². The van der Waals surface area contributed by atoms with Gasteiger partial charge in [0.2, 0.25) is 0 Å². The summed E-state index contributed by atoms with van der Waals surface area (Å²) in [6, 6.07) is 7.50. The average Bonchev–Trinajstić information content (AvgIpc) is 2.83. The van der Waals surface area contributed by atoms with Crippen molar-refractivity contribution in [1.29, 1.82) is 0 Å². The molecule has 0 fully saturated rings. The number of imidazole rings is 1. The molecule has 0 saturated heterocycles. The van der Waals surface area contributed by atoms with E-state index in [1.807, 2.05) is 22.8 Å². The van der Waals surface area contributed by atoms with Crippen molar-refractivity contribution in [3.05, 3.63) is 53.4 Å². The van der Waals surface area contributed by atoms with Crippen LogP contribution in [0, 0.1) is 13.5 Å². The van der Waals surface area contributed by atoms with Gasteiger partial charge in [-0.25, -0.2) is 19.8 Å². The summed E-state index contributed by atoms with van der Waals surface area (Å²) in [6.45, 7) is 9.52. The van der Waals surface area contributed by atoms with Crippen LogP contribution < -0.4 is 5.73 Å². The summed E-state index contributed by atoms with van der Waals surface area (Å²) >= 11 is 0. The monoisotopic (exact) mass is 264 g/mol. The molecule has 0 bridgehead atoms. The average molecular weight is 264 g/mol. The number of fused-ring (bicyclic) bond motifs is 1. The minimum atomic E-state index is 0.379. The summed E-state index contributed by atoms with van der Waals surface area (Å²) in [4.78, 5) is 16.2. The lowest BCUT2D eigenvalue weighted by Gasteiger charge is -2.06. The van der Waals surface area contributed by atoms with Crippen molar-refractivity contribution < 1.29 is 0 Å². The summed E-state index contributed by atoms with van der Waals surface area (Å²) in [5.74, 6) is 0.986. The molecule has 20 heavy (non-hydrogen) atoms. The fraction of sp³-hybridized carbons (Fsp3) is 0.143. The van der Waals surface area contributed by atoms with E-state index in [2.05, 4.69) is 19.8 Å².